The topological polar surface area (TPSA) is 58.6 Å². The van der Waals surface area contributed by atoms with Gasteiger partial charge in [-0.1, -0.05) is 12.1 Å². The zero-order chi connectivity index (χ0) is 21.1. The van der Waals surface area contributed by atoms with Crippen LogP contribution in [0.15, 0.2) is 46.8 Å². The van der Waals surface area contributed by atoms with Crippen LogP contribution in [0.25, 0.3) is 0 Å². The highest BCUT2D eigenvalue weighted by Gasteiger charge is 2.39. The van der Waals surface area contributed by atoms with Gasteiger partial charge in [-0.2, -0.15) is 0 Å². The first-order valence-electron chi connectivity index (χ1n) is 10.7. The van der Waals surface area contributed by atoms with Gasteiger partial charge in [0, 0.05) is 48.1 Å². The molecule has 0 spiro atoms. The summed E-state index contributed by atoms with van der Waals surface area (Å²) in [6.45, 7) is 11.7. The van der Waals surface area contributed by atoms with Crippen molar-refractivity contribution < 1.29 is 14.3 Å². The van der Waals surface area contributed by atoms with Gasteiger partial charge in [0.25, 0.3) is 0 Å². The van der Waals surface area contributed by atoms with Crippen molar-refractivity contribution in [3.8, 4) is 0 Å². The van der Waals surface area contributed by atoms with Crippen LogP contribution in [-0.4, -0.2) is 30.9 Å². The van der Waals surface area contributed by atoms with Crippen LogP contribution >= 0.6 is 0 Å². The van der Waals surface area contributed by atoms with Crippen LogP contribution in [0.3, 0.4) is 0 Å². The minimum atomic E-state index is -0.379. The zero-order valence-electron chi connectivity index (χ0n) is 18.2. The van der Waals surface area contributed by atoms with Gasteiger partial charge in [-0.05, 0) is 65.2 Å². The van der Waals surface area contributed by atoms with E-state index in [1.165, 1.54) is 0 Å². The summed E-state index contributed by atoms with van der Waals surface area (Å²) in [6.07, 6.45) is 1.99. The Kier molecular flexibility index (Phi) is 6.46. The molecule has 2 aliphatic rings. The number of nitrogens with one attached hydrogen (secondary N) is 1. The molecule has 1 aromatic rings. The molecule has 0 saturated carbocycles. The normalized spacial score (nSPS) is 19.2. The zero-order valence-corrected chi connectivity index (χ0v) is 18.2. The quantitative estimate of drug-likeness (QED) is 0.720. The fraction of sp³-hybridized carbons (Fsp3) is 0.500. The largest absolute Gasteiger partial charge is 0.460 e. The maximum absolute atomic E-state index is 13.0. The summed E-state index contributed by atoms with van der Waals surface area (Å²) in [4.78, 5) is 28.2. The summed E-state index contributed by atoms with van der Waals surface area (Å²) < 4.78 is 5.54. The van der Waals surface area contributed by atoms with Crippen LogP contribution in [-0.2, 0) is 14.3 Å². The van der Waals surface area contributed by atoms with Crippen molar-refractivity contribution in [2.24, 2.45) is 0 Å². The van der Waals surface area contributed by atoms with E-state index in [4.69, 9.17) is 4.74 Å². The minimum absolute atomic E-state index is 0.124. The Hall–Kier alpha value is -2.56. The van der Waals surface area contributed by atoms with Gasteiger partial charge in [0.15, 0.2) is 5.78 Å². The molecule has 3 rings (SSSR count). The Bertz CT molecular complexity index is 845. The van der Waals surface area contributed by atoms with E-state index >= 15 is 0 Å². The molecule has 1 atom stereocenters. The molecule has 5 nitrogen and oxygen atoms in total. The molecule has 0 saturated heterocycles. The van der Waals surface area contributed by atoms with Gasteiger partial charge in [-0.3, -0.25) is 4.79 Å². The Morgan fingerprint density at radius 2 is 1.83 bits per heavy atom. The van der Waals surface area contributed by atoms with E-state index in [9.17, 15) is 9.59 Å². The van der Waals surface area contributed by atoms with Crippen LogP contribution in [0, 0.1) is 0 Å². The Morgan fingerprint density at radius 3 is 2.41 bits per heavy atom. The van der Waals surface area contributed by atoms with Crippen LogP contribution in [0.2, 0.25) is 0 Å². The predicted octanol–water partition coefficient (Wildman–Crippen LogP) is 4.45. The second-order valence-electron chi connectivity index (χ2n) is 7.98. The van der Waals surface area contributed by atoms with Crippen molar-refractivity contribution >= 4 is 17.4 Å². The molecule has 1 N–H and O–H groups in total. The van der Waals surface area contributed by atoms with Crippen molar-refractivity contribution in [1.29, 1.82) is 0 Å². The molecule has 156 valence electrons. The third-order valence-corrected chi connectivity index (χ3v) is 5.69. The highest BCUT2D eigenvalue weighted by Crippen LogP contribution is 2.42. The molecule has 0 fully saturated rings. The summed E-state index contributed by atoms with van der Waals surface area (Å²) in [5.74, 6) is -0.609. The van der Waals surface area contributed by atoms with Crippen molar-refractivity contribution in [3.05, 3.63) is 52.4 Å². The summed E-state index contributed by atoms with van der Waals surface area (Å²) in [5.41, 5.74) is 5.11. The SMILES string of the molecule is CCN(CC)c1ccc([C@@H]2C(C(=O)OC(C)C)=C(C)NC3=C2C(=O)CCC3)cc1. The maximum atomic E-state index is 13.0. The lowest BCUT2D eigenvalue weighted by atomic mass is 9.75. The second-order valence-corrected chi connectivity index (χ2v) is 7.98. The number of esters is 1. The molecule has 0 aromatic heterocycles. The molecular weight excluding hydrogens is 364 g/mol. The molecule has 0 amide bonds. The third-order valence-electron chi connectivity index (χ3n) is 5.69. The third kappa shape index (κ3) is 4.24. The number of ketones is 1. The van der Waals surface area contributed by atoms with Crippen molar-refractivity contribution in [2.45, 2.75) is 65.9 Å². The predicted molar refractivity (Wildman–Crippen MR) is 116 cm³/mol. The summed E-state index contributed by atoms with van der Waals surface area (Å²) in [7, 11) is 0. The van der Waals surface area contributed by atoms with E-state index in [0.717, 1.165) is 54.1 Å². The van der Waals surface area contributed by atoms with Crippen molar-refractivity contribution in [2.75, 3.05) is 18.0 Å². The number of anilines is 1. The van der Waals surface area contributed by atoms with Crippen LogP contribution in [0.4, 0.5) is 5.69 Å². The number of hydrogen-bond acceptors (Lipinski definition) is 5. The van der Waals surface area contributed by atoms with Gasteiger partial charge in [-0.25, -0.2) is 4.79 Å². The lowest BCUT2D eigenvalue weighted by Gasteiger charge is -2.34. The van der Waals surface area contributed by atoms with E-state index in [2.05, 4.69) is 36.2 Å². The standard InChI is InChI=1S/C24H32N2O3/c1-6-26(7-2)18-13-11-17(12-14-18)22-21(24(28)29-15(3)4)16(5)25-19-9-8-10-20(27)23(19)22/h11-15,22,25H,6-10H2,1-5H3/t22-/m1/s1. The number of Topliss-reactive ketones (excluding diaryl/α,β-unsaturated/α-hetero) is 1. The number of carbonyl (C=O) groups excluding carboxylic acids is 2. The molecule has 0 unspecified atom stereocenters. The molecule has 1 aromatic carbocycles. The number of dihydropyridines is 1. The highest BCUT2D eigenvalue weighted by molar-refractivity contribution is 6.03. The summed E-state index contributed by atoms with van der Waals surface area (Å²) in [6, 6.07) is 8.26. The minimum Gasteiger partial charge on any atom is -0.460 e. The van der Waals surface area contributed by atoms with Gasteiger partial charge in [-0.15, -0.1) is 0 Å². The van der Waals surface area contributed by atoms with Crippen LogP contribution < -0.4 is 10.2 Å². The molecule has 5 heteroatoms. The average molecular weight is 397 g/mol. The van der Waals surface area contributed by atoms with Gasteiger partial charge >= 0.3 is 5.97 Å². The second kappa shape index (κ2) is 8.85. The van der Waals surface area contributed by atoms with Gasteiger partial charge < -0.3 is 15.0 Å². The summed E-state index contributed by atoms with van der Waals surface area (Å²) in [5, 5.41) is 3.33. The smallest absolute Gasteiger partial charge is 0.337 e. The fourth-order valence-corrected chi connectivity index (χ4v) is 4.33. The number of nitrogens with zero attached hydrogens (tertiary/aromatic N) is 1. The lowest BCUT2D eigenvalue weighted by Crippen LogP contribution is -2.35. The molecule has 1 heterocycles. The molecular formula is C24H32N2O3. The number of benzene rings is 1. The van der Waals surface area contributed by atoms with Crippen molar-refractivity contribution in [3.63, 3.8) is 0 Å². The molecule has 0 bridgehead atoms. The van der Waals surface area contributed by atoms with E-state index in [-0.39, 0.29) is 23.8 Å². The monoisotopic (exact) mass is 396 g/mol. The number of hydrogen-bond donors (Lipinski definition) is 1. The van der Waals surface area contributed by atoms with E-state index in [1.54, 1.807) is 0 Å². The van der Waals surface area contributed by atoms with Crippen LogP contribution in [0.5, 0.6) is 0 Å². The van der Waals surface area contributed by atoms with Crippen LogP contribution in [0.1, 0.15) is 65.4 Å². The highest BCUT2D eigenvalue weighted by atomic mass is 16.5. The van der Waals surface area contributed by atoms with E-state index in [0.29, 0.717) is 12.0 Å². The Morgan fingerprint density at radius 1 is 1.17 bits per heavy atom. The molecule has 1 aliphatic heterocycles. The summed E-state index contributed by atoms with van der Waals surface area (Å²) >= 11 is 0. The maximum Gasteiger partial charge on any atom is 0.337 e. The molecule has 0 radical (unpaired) electrons. The number of carbonyl (C=O) groups is 2. The Balaban J connectivity index is 2.08. The van der Waals surface area contributed by atoms with E-state index in [1.807, 2.05) is 32.9 Å². The van der Waals surface area contributed by atoms with Gasteiger partial charge in [0.1, 0.15) is 0 Å². The van der Waals surface area contributed by atoms with Crippen molar-refractivity contribution in [1.82, 2.24) is 5.32 Å². The van der Waals surface area contributed by atoms with Gasteiger partial charge in [0.2, 0.25) is 0 Å². The average Bonchev–Trinajstić information content (AvgIpc) is 2.68. The number of allylic oxidation sites excluding steroid dienone is 3. The first kappa shape index (κ1) is 21.2. The van der Waals surface area contributed by atoms with E-state index < -0.39 is 0 Å². The number of ether oxygens (including phenoxy) is 1. The lowest BCUT2D eigenvalue weighted by molar-refractivity contribution is -0.143. The molecule has 29 heavy (non-hydrogen) atoms. The Labute approximate surface area is 173 Å². The fourth-order valence-electron chi connectivity index (χ4n) is 4.33. The number of rotatable bonds is 6. The first-order chi connectivity index (χ1) is 13.9. The molecule has 1 aliphatic carbocycles. The first-order valence-corrected chi connectivity index (χ1v) is 10.7. The van der Waals surface area contributed by atoms with Gasteiger partial charge in [0.05, 0.1) is 11.7 Å².